The van der Waals surface area contributed by atoms with E-state index >= 15 is 0 Å². The minimum absolute atomic E-state index is 0.757. The van der Waals surface area contributed by atoms with Crippen LogP contribution in [-0.4, -0.2) is 9.97 Å². The molecule has 10 rings (SSSR count). The van der Waals surface area contributed by atoms with E-state index in [1.54, 1.807) is 11.3 Å². The third kappa shape index (κ3) is 4.31. The fraction of sp³-hybridized carbons (Fsp3) is 0. The average Bonchev–Trinajstić information content (AvgIpc) is 3.73. The van der Waals surface area contributed by atoms with Crippen molar-refractivity contribution in [2.45, 2.75) is 0 Å². The van der Waals surface area contributed by atoms with Crippen LogP contribution in [0.25, 0.3) is 96.1 Å². The Bertz CT molecular complexity index is 2810. The summed E-state index contributed by atoms with van der Waals surface area (Å²) in [5.74, 6) is 0.757. The van der Waals surface area contributed by atoms with Crippen molar-refractivity contribution in [2.75, 3.05) is 0 Å². The van der Waals surface area contributed by atoms with Gasteiger partial charge in [0.25, 0.3) is 0 Å². The van der Waals surface area contributed by atoms with Gasteiger partial charge in [-0.2, -0.15) is 0 Å². The summed E-state index contributed by atoms with van der Waals surface area (Å²) in [5, 5.41) is 6.15. The van der Waals surface area contributed by atoms with Gasteiger partial charge >= 0.3 is 0 Å². The Morgan fingerprint density at radius 1 is 0.375 bits per heavy atom. The molecule has 7 aromatic carbocycles. The number of thiophene rings is 2. The van der Waals surface area contributed by atoms with E-state index in [-0.39, 0.29) is 0 Å². The van der Waals surface area contributed by atoms with Crippen molar-refractivity contribution in [2.24, 2.45) is 0 Å². The van der Waals surface area contributed by atoms with Crippen LogP contribution in [0.1, 0.15) is 0 Å². The molecule has 10 aromatic rings. The van der Waals surface area contributed by atoms with Crippen LogP contribution in [0.3, 0.4) is 0 Å². The lowest BCUT2D eigenvalue weighted by Crippen LogP contribution is -1.94. The number of nitrogens with zero attached hydrogens (tertiary/aromatic N) is 2. The van der Waals surface area contributed by atoms with Crippen LogP contribution in [0.4, 0.5) is 0 Å². The highest BCUT2D eigenvalue weighted by molar-refractivity contribution is 7.26. The molecule has 224 valence electrons. The van der Waals surface area contributed by atoms with Crippen LogP contribution >= 0.6 is 22.7 Å². The fourth-order valence-electron chi connectivity index (χ4n) is 7.05. The van der Waals surface area contributed by atoms with Gasteiger partial charge in [0.15, 0.2) is 5.82 Å². The Morgan fingerprint density at radius 3 is 1.77 bits per heavy atom. The summed E-state index contributed by atoms with van der Waals surface area (Å²) in [6, 6.07) is 56.4. The molecule has 0 spiro atoms. The monoisotopic (exact) mass is 646 g/mol. The minimum Gasteiger partial charge on any atom is -0.226 e. The number of fused-ring (bicyclic) bond motifs is 8. The molecule has 0 saturated heterocycles. The lowest BCUT2D eigenvalue weighted by molar-refractivity contribution is 1.25. The van der Waals surface area contributed by atoms with E-state index in [1.807, 2.05) is 11.3 Å². The molecule has 0 radical (unpaired) electrons. The summed E-state index contributed by atoms with van der Waals surface area (Å²) in [4.78, 5) is 10.8. The molecule has 0 unspecified atom stereocenters. The highest BCUT2D eigenvalue weighted by Crippen LogP contribution is 2.46. The van der Waals surface area contributed by atoms with E-state index in [1.165, 1.54) is 63.3 Å². The Hall–Kier alpha value is -5.68. The third-order valence-electron chi connectivity index (χ3n) is 9.32. The van der Waals surface area contributed by atoms with E-state index in [9.17, 15) is 0 Å². The number of hydrogen-bond acceptors (Lipinski definition) is 4. The predicted molar refractivity (Wildman–Crippen MR) is 207 cm³/mol. The van der Waals surface area contributed by atoms with Crippen LogP contribution in [0, 0.1) is 0 Å². The van der Waals surface area contributed by atoms with Gasteiger partial charge in [-0.1, -0.05) is 146 Å². The molecular formula is C44H26N2S2. The Kier molecular flexibility index (Phi) is 6.26. The molecule has 0 amide bonds. The van der Waals surface area contributed by atoms with Crippen LogP contribution in [0.2, 0.25) is 0 Å². The molecular weight excluding hydrogens is 621 g/mol. The smallest absolute Gasteiger partial charge is 0.161 e. The zero-order valence-electron chi connectivity index (χ0n) is 25.7. The first-order valence-electron chi connectivity index (χ1n) is 16.1. The highest BCUT2D eigenvalue weighted by Gasteiger charge is 2.20. The van der Waals surface area contributed by atoms with Crippen LogP contribution in [-0.2, 0) is 0 Å². The Balaban J connectivity index is 1.24. The van der Waals surface area contributed by atoms with E-state index in [0.29, 0.717) is 0 Å². The van der Waals surface area contributed by atoms with Crippen molar-refractivity contribution in [1.82, 2.24) is 9.97 Å². The molecule has 0 aliphatic carbocycles. The SMILES string of the molecule is c1ccc(-c2ccc(-c3nc(-c4cc5sc6c(-c7ccccc7)cccc6c5c5ccccc45)nc4c3sc3ccccc34)cc2)cc1. The van der Waals surface area contributed by atoms with Gasteiger partial charge in [0, 0.05) is 41.4 Å². The van der Waals surface area contributed by atoms with Crippen LogP contribution in [0.5, 0.6) is 0 Å². The molecule has 0 N–H and O–H groups in total. The molecule has 3 heterocycles. The van der Waals surface area contributed by atoms with E-state index in [0.717, 1.165) is 32.9 Å². The van der Waals surface area contributed by atoms with Crippen molar-refractivity contribution in [1.29, 1.82) is 0 Å². The molecule has 0 aliphatic rings. The number of aromatic nitrogens is 2. The molecule has 3 aromatic heterocycles. The van der Waals surface area contributed by atoms with E-state index < -0.39 is 0 Å². The normalized spacial score (nSPS) is 11.8. The van der Waals surface area contributed by atoms with Gasteiger partial charge < -0.3 is 0 Å². The summed E-state index contributed by atoms with van der Waals surface area (Å²) >= 11 is 3.63. The van der Waals surface area contributed by atoms with Gasteiger partial charge in [0.05, 0.1) is 15.9 Å². The predicted octanol–water partition coefficient (Wildman–Crippen LogP) is 13.0. The molecule has 48 heavy (non-hydrogen) atoms. The molecule has 0 aliphatic heterocycles. The standard InChI is InChI=1S/C44H26N2S2/c1-3-12-27(13-4-1)28-22-24-30(25-23-28)40-43-41(34-18-9-10-21-37(34)47-43)46-44(45-40)36-26-38-39(33-17-8-7-16-32(33)36)35-20-11-19-31(42(35)48-38)29-14-5-2-6-15-29/h1-26H. The molecule has 2 nitrogen and oxygen atoms in total. The number of benzene rings is 7. The van der Waals surface area contributed by atoms with Crippen LogP contribution < -0.4 is 0 Å². The maximum absolute atomic E-state index is 5.42. The van der Waals surface area contributed by atoms with Crippen molar-refractivity contribution in [3.63, 3.8) is 0 Å². The number of rotatable bonds is 4. The quantitative estimate of drug-likeness (QED) is 0.190. The van der Waals surface area contributed by atoms with E-state index in [2.05, 4.69) is 158 Å². The largest absolute Gasteiger partial charge is 0.226 e. The second-order valence-electron chi connectivity index (χ2n) is 12.1. The molecule has 0 saturated carbocycles. The first kappa shape index (κ1) is 27.4. The Labute approximate surface area is 285 Å². The second-order valence-corrected chi connectivity index (χ2v) is 14.2. The minimum atomic E-state index is 0.757. The maximum atomic E-state index is 5.42. The molecule has 0 fully saturated rings. The van der Waals surface area contributed by atoms with Gasteiger partial charge in [-0.3, -0.25) is 0 Å². The number of hydrogen-bond donors (Lipinski definition) is 0. The van der Waals surface area contributed by atoms with Gasteiger partial charge in [-0.15, -0.1) is 22.7 Å². The maximum Gasteiger partial charge on any atom is 0.161 e. The lowest BCUT2D eigenvalue weighted by atomic mass is 9.97. The summed E-state index contributed by atoms with van der Waals surface area (Å²) in [6.45, 7) is 0. The third-order valence-corrected chi connectivity index (χ3v) is 11.7. The molecule has 4 heteroatoms. The topological polar surface area (TPSA) is 25.8 Å². The first-order valence-corrected chi connectivity index (χ1v) is 17.7. The van der Waals surface area contributed by atoms with Gasteiger partial charge in [-0.25, -0.2) is 9.97 Å². The van der Waals surface area contributed by atoms with Crippen molar-refractivity contribution in [3.8, 4) is 44.9 Å². The molecule has 0 atom stereocenters. The summed E-state index contributed by atoms with van der Waals surface area (Å²) < 4.78 is 4.89. The van der Waals surface area contributed by atoms with Crippen molar-refractivity contribution >= 4 is 73.9 Å². The van der Waals surface area contributed by atoms with Crippen LogP contribution in [0.15, 0.2) is 158 Å². The lowest BCUT2D eigenvalue weighted by Gasteiger charge is -2.11. The second kappa shape index (κ2) is 11.0. The first-order chi connectivity index (χ1) is 23.8. The van der Waals surface area contributed by atoms with Gasteiger partial charge in [0.2, 0.25) is 0 Å². The van der Waals surface area contributed by atoms with Crippen molar-refractivity contribution < 1.29 is 0 Å². The summed E-state index contributed by atoms with van der Waals surface area (Å²) in [6.07, 6.45) is 0. The zero-order chi connectivity index (χ0) is 31.6. The fourth-order valence-corrected chi connectivity index (χ4v) is 9.50. The molecule has 0 bridgehead atoms. The average molecular weight is 647 g/mol. The van der Waals surface area contributed by atoms with Crippen molar-refractivity contribution in [3.05, 3.63) is 158 Å². The van der Waals surface area contributed by atoms with Gasteiger partial charge in [0.1, 0.15) is 0 Å². The Morgan fingerprint density at radius 2 is 0.979 bits per heavy atom. The summed E-state index contributed by atoms with van der Waals surface area (Å²) in [7, 11) is 0. The van der Waals surface area contributed by atoms with Gasteiger partial charge in [-0.05, 0) is 45.2 Å². The zero-order valence-corrected chi connectivity index (χ0v) is 27.4. The van der Waals surface area contributed by atoms with E-state index in [4.69, 9.17) is 9.97 Å². The summed E-state index contributed by atoms with van der Waals surface area (Å²) in [5.41, 5.74) is 9.04. The highest BCUT2D eigenvalue weighted by atomic mass is 32.1.